The third kappa shape index (κ3) is 7.86. The van der Waals surface area contributed by atoms with Crippen molar-refractivity contribution in [2.24, 2.45) is 0 Å². The quantitative estimate of drug-likeness (QED) is 0.202. The lowest BCUT2D eigenvalue weighted by molar-refractivity contribution is 0.0821. The molecule has 1 aromatic heterocycles. The highest BCUT2D eigenvalue weighted by molar-refractivity contribution is 6.32. The van der Waals surface area contributed by atoms with Gasteiger partial charge in [-0.15, -0.1) is 0 Å². The number of carbonyl (C=O) groups is 1. The Hall–Kier alpha value is -4.31. The number of amides is 1. The van der Waals surface area contributed by atoms with Crippen molar-refractivity contribution in [3.63, 3.8) is 0 Å². The predicted octanol–water partition coefficient (Wildman–Crippen LogP) is 5.81. The first-order valence-corrected chi connectivity index (χ1v) is 15.2. The lowest BCUT2D eigenvalue weighted by Gasteiger charge is -2.20. The third-order valence-electron chi connectivity index (χ3n) is 7.56. The molecule has 5 rings (SSSR count). The minimum absolute atomic E-state index is 0.00448. The number of nitrogens with zero attached hydrogens (tertiary/aromatic N) is 2. The van der Waals surface area contributed by atoms with E-state index in [0.717, 1.165) is 44.9 Å². The molecule has 236 valence electrons. The fourth-order valence-electron chi connectivity index (χ4n) is 4.90. The Morgan fingerprint density at radius 2 is 1.78 bits per heavy atom. The van der Waals surface area contributed by atoms with Crippen LogP contribution in [0.25, 0.3) is 11.1 Å². The minimum Gasteiger partial charge on any atom is -0.488 e. The van der Waals surface area contributed by atoms with Gasteiger partial charge in [-0.1, -0.05) is 35.9 Å². The average molecular weight is 632 g/mol. The summed E-state index contributed by atoms with van der Waals surface area (Å²) in [5, 5.41) is 13.2. The lowest BCUT2D eigenvalue weighted by atomic mass is 9.96. The molecule has 10 heteroatoms. The number of hydrogen-bond acceptors (Lipinski definition) is 8. The van der Waals surface area contributed by atoms with Crippen LogP contribution in [0, 0.1) is 6.92 Å². The zero-order valence-corrected chi connectivity index (χ0v) is 26.7. The van der Waals surface area contributed by atoms with Crippen LogP contribution in [0.5, 0.6) is 23.0 Å². The number of carbonyl (C=O) groups excluding carboxylic acids is 1. The monoisotopic (exact) mass is 631 g/mol. The lowest BCUT2D eigenvalue weighted by Crippen LogP contribution is -2.28. The van der Waals surface area contributed by atoms with Crippen molar-refractivity contribution in [1.82, 2.24) is 15.2 Å². The zero-order valence-electron chi connectivity index (χ0n) is 25.9. The molecule has 0 fully saturated rings. The van der Waals surface area contributed by atoms with E-state index >= 15 is 0 Å². The van der Waals surface area contributed by atoms with Gasteiger partial charge in [-0.2, -0.15) is 0 Å². The second-order valence-electron chi connectivity index (χ2n) is 11.1. The molecule has 0 spiro atoms. The summed E-state index contributed by atoms with van der Waals surface area (Å²) in [6.45, 7) is 5.97. The van der Waals surface area contributed by atoms with Crippen LogP contribution in [-0.4, -0.2) is 60.9 Å². The van der Waals surface area contributed by atoms with E-state index in [9.17, 15) is 9.90 Å². The summed E-state index contributed by atoms with van der Waals surface area (Å²) in [5.41, 5.74) is 6.15. The smallest absolute Gasteiger partial charge is 0.271 e. The second-order valence-corrected chi connectivity index (χ2v) is 11.5. The Balaban J connectivity index is 1.36. The number of fused-ring (bicyclic) bond motifs is 1. The molecule has 45 heavy (non-hydrogen) atoms. The fourth-order valence-corrected chi connectivity index (χ4v) is 5.14. The van der Waals surface area contributed by atoms with E-state index in [1.165, 1.54) is 4.90 Å². The van der Waals surface area contributed by atoms with Gasteiger partial charge in [-0.05, 0) is 72.0 Å². The molecule has 2 N–H and O–H groups in total. The number of rotatable bonds is 12. The highest BCUT2D eigenvalue weighted by atomic mass is 35.5. The van der Waals surface area contributed by atoms with E-state index < -0.39 is 0 Å². The van der Waals surface area contributed by atoms with E-state index in [2.05, 4.69) is 23.3 Å². The van der Waals surface area contributed by atoms with Crippen molar-refractivity contribution in [3.8, 4) is 34.1 Å². The SMILES string of the molecule is Cc1c(COc2cc(OCc3ccnc(C(=O)N(C)C)c3)c(CNC(C)CO)cc2Cl)cccc1-c1ccc2c(c1)OCCO2. The van der Waals surface area contributed by atoms with E-state index in [1.807, 2.05) is 49.4 Å². The maximum absolute atomic E-state index is 12.4. The van der Waals surface area contributed by atoms with Crippen LogP contribution in [-0.2, 0) is 19.8 Å². The van der Waals surface area contributed by atoms with Gasteiger partial charge in [-0.25, -0.2) is 0 Å². The van der Waals surface area contributed by atoms with E-state index in [-0.39, 0.29) is 25.2 Å². The van der Waals surface area contributed by atoms with Crippen molar-refractivity contribution in [2.45, 2.75) is 39.6 Å². The number of pyridine rings is 1. The molecular weight excluding hydrogens is 594 g/mol. The van der Waals surface area contributed by atoms with Crippen LogP contribution in [0.3, 0.4) is 0 Å². The van der Waals surface area contributed by atoms with Gasteiger partial charge >= 0.3 is 0 Å². The number of hydrogen-bond donors (Lipinski definition) is 2. The van der Waals surface area contributed by atoms with Gasteiger partial charge in [0.15, 0.2) is 11.5 Å². The highest BCUT2D eigenvalue weighted by Crippen LogP contribution is 2.37. The molecule has 0 saturated carbocycles. The number of nitrogens with one attached hydrogen (secondary N) is 1. The van der Waals surface area contributed by atoms with Crippen molar-refractivity contribution in [2.75, 3.05) is 33.9 Å². The van der Waals surface area contributed by atoms with Crippen molar-refractivity contribution >= 4 is 17.5 Å². The highest BCUT2D eigenvalue weighted by Gasteiger charge is 2.17. The molecule has 1 unspecified atom stereocenters. The van der Waals surface area contributed by atoms with E-state index in [0.29, 0.717) is 48.6 Å². The predicted molar refractivity (Wildman–Crippen MR) is 173 cm³/mol. The summed E-state index contributed by atoms with van der Waals surface area (Å²) in [4.78, 5) is 18.1. The van der Waals surface area contributed by atoms with Crippen LogP contribution in [0.2, 0.25) is 5.02 Å². The summed E-state index contributed by atoms with van der Waals surface area (Å²) in [6, 6.07) is 19.1. The van der Waals surface area contributed by atoms with Crippen LogP contribution in [0.1, 0.15) is 39.7 Å². The molecule has 2 heterocycles. The van der Waals surface area contributed by atoms with Gasteiger partial charge in [-0.3, -0.25) is 9.78 Å². The maximum Gasteiger partial charge on any atom is 0.271 e. The van der Waals surface area contributed by atoms with Crippen LogP contribution in [0.4, 0.5) is 0 Å². The fraction of sp³-hybridized carbons (Fsp3) is 0.314. The summed E-state index contributed by atoms with van der Waals surface area (Å²) in [7, 11) is 3.37. The molecule has 1 atom stereocenters. The molecule has 9 nitrogen and oxygen atoms in total. The molecule has 0 radical (unpaired) electrons. The molecule has 0 aliphatic carbocycles. The van der Waals surface area contributed by atoms with E-state index in [4.69, 9.17) is 30.5 Å². The summed E-state index contributed by atoms with van der Waals surface area (Å²) in [5.74, 6) is 2.37. The maximum atomic E-state index is 12.4. The summed E-state index contributed by atoms with van der Waals surface area (Å²) < 4.78 is 24.0. The van der Waals surface area contributed by atoms with Gasteiger partial charge in [0.2, 0.25) is 0 Å². The number of aliphatic hydroxyl groups excluding tert-OH is 1. The molecule has 3 aromatic carbocycles. The molecule has 0 saturated heterocycles. The molecule has 4 aromatic rings. The first-order valence-electron chi connectivity index (χ1n) is 14.8. The van der Waals surface area contributed by atoms with Gasteiger partial charge in [0.25, 0.3) is 5.91 Å². The molecule has 0 bridgehead atoms. The van der Waals surface area contributed by atoms with Crippen molar-refractivity contribution < 1.29 is 28.8 Å². The average Bonchev–Trinajstić information content (AvgIpc) is 3.06. The van der Waals surface area contributed by atoms with Gasteiger partial charge in [0.05, 0.1) is 11.6 Å². The topological polar surface area (TPSA) is 102 Å². The molecule has 1 aliphatic heterocycles. The number of ether oxygens (including phenoxy) is 4. The second kappa shape index (κ2) is 14.6. The zero-order chi connectivity index (χ0) is 31.9. The van der Waals surface area contributed by atoms with Crippen molar-refractivity contribution in [1.29, 1.82) is 0 Å². The van der Waals surface area contributed by atoms with Crippen LogP contribution in [0.15, 0.2) is 66.9 Å². The largest absolute Gasteiger partial charge is 0.488 e. The first-order chi connectivity index (χ1) is 21.7. The molecular formula is C35H38ClN3O6. The molecule has 1 aliphatic rings. The van der Waals surface area contributed by atoms with Crippen LogP contribution < -0.4 is 24.3 Å². The Morgan fingerprint density at radius 3 is 2.56 bits per heavy atom. The Morgan fingerprint density at radius 1 is 1.00 bits per heavy atom. The normalized spacial score (nSPS) is 12.8. The van der Waals surface area contributed by atoms with Gasteiger partial charge in [0, 0.05) is 44.5 Å². The third-order valence-corrected chi connectivity index (χ3v) is 7.85. The Kier molecular flexibility index (Phi) is 10.4. The number of benzene rings is 3. The number of aliphatic hydroxyl groups is 1. The van der Waals surface area contributed by atoms with Crippen molar-refractivity contribution in [3.05, 3.63) is 99.8 Å². The first kappa shape index (κ1) is 32.1. The summed E-state index contributed by atoms with van der Waals surface area (Å²) >= 11 is 6.72. The Labute approximate surface area is 268 Å². The Bertz CT molecular complexity index is 1660. The standard InChI is InChI=1S/C35H38ClN3O6/c1-22(19-40)38-18-27-15-29(36)33(17-32(27)44-20-24-10-11-37-30(14-24)35(41)39(3)4)45-21-26-6-5-7-28(23(26)2)25-8-9-31-34(16-25)43-13-12-42-31/h5-11,14-17,22,38,40H,12-13,18-21H2,1-4H3. The van der Waals surface area contributed by atoms with Crippen LogP contribution >= 0.6 is 11.6 Å². The number of aromatic nitrogens is 1. The summed E-state index contributed by atoms with van der Waals surface area (Å²) in [6.07, 6.45) is 1.60. The number of halogens is 1. The van der Waals surface area contributed by atoms with Gasteiger partial charge < -0.3 is 34.3 Å². The minimum atomic E-state index is -0.185. The molecule has 1 amide bonds. The van der Waals surface area contributed by atoms with E-state index in [1.54, 1.807) is 32.4 Å². The van der Waals surface area contributed by atoms with Gasteiger partial charge in [0.1, 0.15) is 43.6 Å².